The Kier molecular flexibility index (Phi) is 2.75. The molecule has 6 nitrogen and oxygen atoms in total. The van der Waals surface area contributed by atoms with Crippen molar-refractivity contribution in [1.82, 2.24) is 4.90 Å². The smallest absolute Gasteiger partial charge is 0.264 e. The predicted octanol–water partition coefficient (Wildman–Crippen LogP) is 1.10. The van der Waals surface area contributed by atoms with Crippen molar-refractivity contribution in [2.45, 2.75) is 30.4 Å². The van der Waals surface area contributed by atoms with Gasteiger partial charge in [-0.15, -0.1) is 0 Å². The van der Waals surface area contributed by atoms with Crippen LogP contribution in [0.5, 0.6) is 0 Å². The number of anilines is 1. The number of carbonyl (C=O) groups is 2. The molecule has 1 aliphatic carbocycles. The lowest BCUT2D eigenvalue weighted by Crippen LogP contribution is -2.53. The van der Waals surface area contributed by atoms with Gasteiger partial charge in [0.1, 0.15) is 5.41 Å². The van der Waals surface area contributed by atoms with Gasteiger partial charge in [-0.25, -0.2) is 0 Å². The first kappa shape index (κ1) is 14.4. The van der Waals surface area contributed by atoms with Crippen molar-refractivity contribution in [2.24, 2.45) is 11.8 Å². The number of ether oxygens (including phenoxy) is 1. The second-order valence-corrected chi connectivity index (χ2v) is 7.32. The number of hydroxylamine groups is 1. The Balaban J connectivity index is 1.71. The van der Waals surface area contributed by atoms with Crippen LogP contribution < -0.4 is 5.06 Å². The molecule has 1 aromatic rings. The lowest BCUT2D eigenvalue weighted by atomic mass is 9.71. The molecule has 126 valence electrons. The van der Waals surface area contributed by atoms with E-state index in [1.165, 1.54) is 12.2 Å². The number of carbonyl (C=O) groups excluding carboxylic acids is 2. The molecule has 1 saturated carbocycles. The molecule has 5 aliphatic rings. The van der Waals surface area contributed by atoms with Crippen molar-refractivity contribution < 1.29 is 19.2 Å². The predicted molar refractivity (Wildman–Crippen MR) is 85.1 cm³/mol. The second kappa shape index (κ2) is 4.58. The molecule has 24 heavy (non-hydrogen) atoms. The molecule has 4 heterocycles. The highest BCUT2D eigenvalue weighted by Gasteiger charge is 2.66. The first-order valence-electron chi connectivity index (χ1n) is 8.46. The number of nitrogens with zero attached hydrogens (tertiary/aromatic N) is 2. The number of hydrogen-bond acceptors (Lipinski definition) is 4. The number of amides is 2. The summed E-state index contributed by atoms with van der Waals surface area (Å²) in [4.78, 5) is 33.2. The number of rotatable bonds is 1. The van der Waals surface area contributed by atoms with Crippen molar-refractivity contribution in [1.29, 1.82) is 0 Å². The third-order valence-corrected chi connectivity index (χ3v) is 6.56. The molecule has 2 amide bonds. The Hall–Kier alpha value is -1.92. The zero-order valence-electron chi connectivity index (χ0n) is 13.8. The topological polar surface area (TPSA) is 59.1 Å². The van der Waals surface area contributed by atoms with Gasteiger partial charge in [0.2, 0.25) is 5.91 Å². The van der Waals surface area contributed by atoms with E-state index in [4.69, 9.17) is 9.57 Å². The minimum atomic E-state index is -0.754. The van der Waals surface area contributed by atoms with E-state index in [-0.39, 0.29) is 35.8 Å². The quantitative estimate of drug-likeness (QED) is 0.774. The summed E-state index contributed by atoms with van der Waals surface area (Å²) in [6.45, 7) is 0.556. The van der Waals surface area contributed by atoms with Gasteiger partial charge in [0.15, 0.2) is 0 Å². The lowest BCUT2D eigenvalue weighted by molar-refractivity contribution is -0.145. The normalized spacial score (nSPS) is 39.8. The molecule has 4 fully saturated rings. The summed E-state index contributed by atoms with van der Waals surface area (Å²) in [5.41, 5.74) is 1.01. The largest absolute Gasteiger partial charge is 0.376 e. The van der Waals surface area contributed by atoms with E-state index < -0.39 is 5.41 Å². The van der Waals surface area contributed by atoms with Crippen LogP contribution in [-0.4, -0.2) is 49.6 Å². The van der Waals surface area contributed by atoms with E-state index in [0.717, 1.165) is 11.3 Å². The Morgan fingerprint density at radius 3 is 2.88 bits per heavy atom. The molecule has 0 radical (unpaired) electrons. The van der Waals surface area contributed by atoms with E-state index in [2.05, 4.69) is 0 Å². The standard InChI is InChI=1S/C18H20N2O4/c1-19-14-8-18(15-7-10(16(19)21)11(14)9-24-15)12-5-3-4-6-13(12)20(23-2)17(18)22/h3-6,10-11,14-15H,7-9H2,1-2H3/t10?,11?,14?,15-,18+/m1/s1. The van der Waals surface area contributed by atoms with Crippen LogP contribution in [0.15, 0.2) is 24.3 Å². The van der Waals surface area contributed by atoms with Gasteiger partial charge in [-0.2, -0.15) is 5.06 Å². The van der Waals surface area contributed by atoms with Crippen LogP contribution >= 0.6 is 0 Å². The number of benzene rings is 1. The molecule has 3 unspecified atom stereocenters. The Morgan fingerprint density at radius 2 is 2.08 bits per heavy atom. The highest BCUT2D eigenvalue weighted by molar-refractivity contribution is 6.07. The van der Waals surface area contributed by atoms with Gasteiger partial charge in [-0.1, -0.05) is 18.2 Å². The van der Waals surface area contributed by atoms with Gasteiger partial charge >= 0.3 is 0 Å². The third-order valence-electron chi connectivity index (χ3n) is 6.56. The molecule has 4 bridgehead atoms. The van der Waals surface area contributed by atoms with Crippen molar-refractivity contribution in [3.63, 3.8) is 0 Å². The van der Waals surface area contributed by atoms with Crippen LogP contribution in [0.4, 0.5) is 5.69 Å². The number of fused-ring (bicyclic) bond motifs is 2. The molecular formula is C18H20N2O4. The Labute approximate surface area is 140 Å². The van der Waals surface area contributed by atoms with Crippen molar-refractivity contribution in [2.75, 3.05) is 25.8 Å². The summed E-state index contributed by atoms with van der Waals surface area (Å²) in [7, 11) is 3.38. The Bertz CT molecular complexity index is 750. The monoisotopic (exact) mass is 328 g/mol. The molecular weight excluding hydrogens is 308 g/mol. The minimum absolute atomic E-state index is 0.0188. The molecule has 6 heteroatoms. The zero-order valence-corrected chi connectivity index (χ0v) is 13.8. The summed E-state index contributed by atoms with van der Waals surface area (Å²) in [5, 5.41) is 1.40. The number of para-hydroxylation sites is 1. The van der Waals surface area contributed by atoms with Gasteiger partial charge in [-0.3, -0.25) is 14.4 Å². The molecule has 1 spiro atoms. The summed E-state index contributed by atoms with van der Waals surface area (Å²) in [6.07, 6.45) is 0.953. The van der Waals surface area contributed by atoms with Crippen molar-refractivity contribution in [3.8, 4) is 0 Å². The summed E-state index contributed by atoms with van der Waals surface area (Å²) in [6, 6.07) is 7.83. The molecule has 6 rings (SSSR count). The van der Waals surface area contributed by atoms with Gasteiger partial charge in [0.25, 0.3) is 5.91 Å². The minimum Gasteiger partial charge on any atom is -0.376 e. The van der Waals surface area contributed by atoms with Crippen LogP contribution in [0, 0.1) is 11.8 Å². The fourth-order valence-corrected chi connectivity index (χ4v) is 5.41. The highest BCUT2D eigenvalue weighted by Crippen LogP contribution is 2.57. The van der Waals surface area contributed by atoms with Crippen molar-refractivity contribution >= 4 is 17.5 Å². The van der Waals surface area contributed by atoms with E-state index in [0.29, 0.717) is 19.4 Å². The lowest BCUT2D eigenvalue weighted by Gasteiger charge is -2.38. The van der Waals surface area contributed by atoms with E-state index in [9.17, 15) is 9.59 Å². The van der Waals surface area contributed by atoms with Crippen LogP contribution in [0.3, 0.4) is 0 Å². The molecule has 1 aromatic carbocycles. The zero-order chi connectivity index (χ0) is 16.6. The molecule has 0 aromatic heterocycles. The van der Waals surface area contributed by atoms with Gasteiger partial charge in [0, 0.05) is 24.9 Å². The average Bonchev–Trinajstić information content (AvgIpc) is 2.85. The van der Waals surface area contributed by atoms with Gasteiger partial charge in [0.05, 0.1) is 25.5 Å². The Morgan fingerprint density at radius 1 is 1.29 bits per heavy atom. The maximum Gasteiger partial charge on any atom is 0.264 e. The highest BCUT2D eigenvalue weighted by atomic mass is 16.7. The van der Waals surface area contributed by atoms with Crippen LogP contribution in [-0.2, 0) is 24.6 Å². The SMILES string of the molecule is CON1C(=O)[C@@]2(CC3C4CO[C@@H]2CC4C(=O)N3C)c2ccccc21. The molecule has 4 aliphatic heterocycles. The summed E-state index contributed by atoms with van der Waals surface area (Å²) >= 11 is 0. The van der Waals surface area contributed by atoms with E-state index >= 15 is 0 Å². The molecule has 3 saturated heterocycles. The maximum absolute atomic E-state index is 13.4. The fraction of sp³-hybridized carbons (Fsp3) is 0.556. The van der Waals surface area contributed by atoms with Crippen LogP contribution in [0.1, 0.15) is 18.4 Å². The number of likely N-dealkylation sites (tertiary alicyclic amines) is 1. The maximum atomic E-state index is 13.4. The first-order chi connectivity index (χ1) is 11.6. The first-order valence-corrected chi connectivity index (χ1v) is 8.46. The van der Waals surface area contributed by atoms with Crippen LogP contribution in [0.25, 0.3) is 0 Å². The summed E-state index contributed by atoms with van der Waals surface area (Å²) < 4.78 is 6.16. The van der Waals surface area contributed by atoms with Crippen molar-refractivity contribution in [3.05, 3.63) is 29.8 Å². The summed E-state index contributed by atoms with van der Waals surface area (Å²) in [5.74, 6) is 0.310. The van der Waals surface area contributed by atoms with Gasteiger partial charge < -0.3 is 9.64 Å². The third kappa shape index (κ3) is 1.45. The van der Waals surface area contributed by atoms with E-state index in [1.807, 2.05) is 36.2 Å². The van der Waals surface area contributed by atoms with E-state index in [1.54, 1.807) is 0 Å². The molecule has 0 N–H and O–H groups in total. The average molecular weight is 328 g/mol. The second-order valence-electron chi connectivity index (χ2n) is 7.32. The molecule has 5 atom stereocenters. The fourth-order valence-electron chi connectivity index (χ4n) is 5.41. The number of hydrogen-bond donors (Lipinski definition) is 0. The van der Waals surface area contributed by atoms with Crippen LogP contribution in [0.2, 0.25) is 0 Å². The van der Waals surface area contributed by atoms with Gasteiger partial charge in [-0.05, 0) is 24.5 Å².